The molecule has 1 heterocycles. The summed E-state index contributed by atoms with van der Waals surface area (Å²) in [6.45, 7) is 4.84. The number of benzene rings is 1. The highest BCUT2D eigenvalue weighted by Gasteiger charge is 2.21. The van der Waals surface area contributed by atoms with Crippen LogP contribution in [0.4, 0.5) is 4.39 Å². The predicted octanol–water partition coefficient (Wildman–Crippen LogP) is 1.94. The van der Waals surface area contributed by atoms with Crippen molar-refractivity contribution >= 4 is 16.0 Å². The summed E-state index contributed by atoms with van der Waals surface area (Å²) < 4.78 is 49.7. The van der Waals surface area contributed by atoms with E-state index >= 15 is 0 Å². The van der Waals surface area contributed by atoms with Crippen LogP contribution in [0.15, 0.2) is 46.3 Å². The van der Waals surface area contributed by atoms with Crippen molar-refractivity contribution in [3.05, 3.63) is 59.8 Å². The Morgan fingerprint density at radius 1 is 1.46 bits per heavy atom. The minimum absolute atomic E-state index is 0.0675. The zero-order valence-electron chi connectivity index (χ0n) is 12.8. The van der Waals surface area contributed by atoms with Crippen molar-refractivity contribution in [3.8, 4) is 0 Å². The van der Waals surface area contributed by atoms with Crippen LogP contribution in [0, 0.1) is 12.7 Å². The lowest BCUT2D eigenvalue weighted by atomic mass is 10.2. The number of aryl methyl sites for hydroxylation is 1. The van der Waals surface area contributed by atoms with Crippen molar-refractivity contribution in [2.75, 3.05) is 6.54 Å². The van der Waals surface area contributed by atoms with Crippen LogP contribution in [0.3, 0.4) is 0 Å². The summed E-state index contributed by atoms with van der Waals surface area (Å²) in [5, 5.41) is 3.66. The lowest BCUT2D eigenvalue weighted by Gasteiger charge is -2.08. The van der Waals surface area contributed by atoms with Crippen molar-refractivity contribution in [2.45, 2.75) is 18.4 Å². The van der Waals surface area contributed by atoms with Crippen molar-refractivity contribution < 1.29 is 26.9 Å². The molecule has 0 saturated carbocycles. The molecule has 1 aromatic carbocycles. The van der Waals surface area contributed by atoms with E-state index in [2.05, 4.69) is 16.5 Å². The lowest BCUT2D eigenvalue weighted by Crippen LogP contribution is -2.25. The van der Waals surface area contributed by atoms with E-state index in [1.165, 1.54) is 6.08 Å². The minimum Gasteiger partial charge on any atom is -0.455 e. The van der Waals surface area contributed by atoms with Crippen LogP contribution in [-0.4, -0.2) is 26.1 Å². The fourth-order valence-corrected chi connectivity index (χ4v) is 2.89. The maximum atomic E-state index is 13.8. The average Bonchev–Trinajstić information content (AvgIpc) is 2.96. The van der Waals surface area contributed by atoms with Crippen LogP contribution in [0.1, 0.15) is 21.8 Å². The Morgan fingerprint density at radius 2 is 2.21 bits per heavy atom. The fraction of sp³-hybridized carbons (Fsp3) is 0.200. The number of halogens is 1. The highest BCUT2D eigenvalue weighted by atomic mass is 32.2. The number of ether oxygens (including phenoxy) is 1. The Kier molecular flexibility index (Phi) is 5.47. The van der Waals surface area contributed by atoms with Crippen LogP contribution in [-0.2, 0) is 21.4 Å². The van der Waals surface area contributed by atoms with E-state index in [0.29, 0.717) is 11.5 Å². The molecule has 0 radical (unpaired) electrons. The van der Waals surface area contributed by atoms with E-state index in [-0.39, 0.29) is 18.7 Å². The maximum Gasteiger partial charge on any atom is 0.338 e. The molecule has 0 unspecified atom stereocenters. The molecule has 0 aliphatic rings. The first-order valence-electron chi connectivity index (χ1n) is 6.83. The van der Waals surface area contributed by atoms with E-state index in [9.17, 15) is 17.6 Å². The van der Waals surface area contributed by atoms with Crippen LogP contribution in [0.2, 0.25) is 0 Å². The number of nitrogens with zero attached hydrogens (tertiary/aromatic N) is 1. The van der Waals surface area contributed by atoms with Crippen molar-refractivity contribution in [2.24, 2.45) is 0 Å². The highest BCUT2D eigenvalue weighted by molar-refractivity contribution is 7.89. The largest absolute Gasteiger partial charge is 0.455 e. The first-order valence-corrected chi connectivity index (χ1v) is 8.31. The minimum atomic E-state index is -4.10. The Hall–Kier alpha value is -2.52. The van der Waals surface area contributed by atoms with Crippen LogP contribution in [0.25, 0.3) is 0 Å². The molecule has 2 aromatic rings. The number of carbonyl (C=O) groups excluding carboxylic acids is 1. The van der Waals surface area contributed by atoms with Gasteiger partial charge in [-0.15, -0.1) is 6.58 Å². The number of hydrogen-bond donors (Lipinski definition) is 1. The summed E-state index contributed by atoms with van der Waals surface area (Å²) in [6, 6.07) is 4.53. The van der Waals surface area contributed by atoms with Gasteiger partial charge in [-0.05, 0) is 25.1 Å². The average molecular weight is 354 g/mol. The molecule has 0 bridgehead atoms. The summed E-state index contributed by atoms with van der Waals surface area (Å²) in [5.41, 5.74) is 0.305. The third-order valence-electron chi connectivity index (χ3n) is 2.90. The second-order valence-electron chi connectivity index (χ2n) is 4.79. The molecular weight excluding hydrogens is 339 g/mol. The third-order valence-corrected chi connectivity index (χ3v) is 4.34. The molecule has 2 rings (SSSR count). The van der Waals surface area contributed by atoms with Gasteiger partial charge in [0.15, 0.2) is 0 Å². The zero-order chi connectivity index (χ0) is 17.7. The molecule has 128 valence electrons. The topological polar surface area (TPSA) is 98.5 Å². The molecule has 0 atom stereocenters. The Balaban J connectivity index is 2.17. The van der Waals surface area contributed by atoms with E-state index < -0.39 is 26.7 Å². The van der Waals surface area contributed by atoms with Gasteiger partial charge in [0.05, 0.1) is 5.56 Å². The summed E-state index contributed by atoms with van der Waals surface area (Å²) in [7, 11) is -4.10. The van der Waals surface area contributed by atoms with Gasteiger partial charge in [0.25, 0.3) is 0 Å². The van der Waals surface area contributed by atoms with E-state index in [1.807, 2.05) is 0 Å². The van der Waals surface area contributed by atoms with Gasteiger partial charge in [-0.25, -0.2) is 22.3 Å². The second-order valence-corrected chi connectivity index (χ2v) is 6.53. The number of esters is 1. The lowest BCUT2D eigenvalue weighted by molar-refractivity contribution is 0.0464. The third kappa shape index (κ3) is 4.27. The molecule has 0 aliphatic heterocycles. The van der Waals surface area contributed by atoms with E-state index in [1.54, 1.807) is 13.0 Å². The molecule has 0 amide bonds. The molecule has 1 N–H and O–H groups in total. The van der Waals surface area contributed by atoms with Crippen molar-refractivity contribution in [3.63, 3.8) is 0 Å². The van der Waals surface area contributed by atoms with Gasteiger partial charge in [-0.2, -0.15) is 0 Å². The van der Waals surface area contributed by atoms with Crippen LogP contribution < -0.4 is 4.72 Å². The standard InChI is InChI=1S/C15H15FN2O5S/c1-3-6-17-24(20,21)14-8-11(4-5-13(14)16)15(19)22-9-12-7-10(2)23-18-12/h3-5,7-8,17H,1,6,9H2,2H3. The molecule has 7 nitrogen and oxygen atoms in total. The Morgan fingerprint density at radius 3 is 2.83 bits per heavy atom. The SMILES string of the molecule is C=CCNS(=O)(=O)c1cc(C(=O)OCc2cc(C)on2)ccc1F. The van der Waals surface area contributed by atoms with Crippen LogP contribution >= 0.6 is 0 Å². The molecule has 0 spiro atoms. The molecule has 0 saturated heterocycles. The zero-order valence-corrected chi connectivity index (χ0v) is 13.6. The number of sulfonamides is 1. The van der Waals surface area contributed by atoms with Crippen molar-refractivity contribution in [1.29, 1.82) is 0 Å². The van der Waals surface area contributed by atoms with Gasteiger partial charge in [-0.1, -0.05) is 11.2 Å². The number of rotatable bonds is 7. The maximum absolute atomic E-state index is 13.8. The van der Waals surface area contributed by atoms with Gasteiger partial charge < -0.3 is 9.26 Å². The van der Waals surface area contributed by atoms with E-state index in [0.717, 1.165) is 18.2 Å². The summed E-state index contributed by atoms with van der Waals surface area (Å²) in [4.78, 5) is 11.4. The molecule has 0 aliphatic carbocycles. The van der Waals surface area contributed by atoms with E-state index in [4.69, 9.17) is 9.26 Å². The number of nitrogens with one attached hydrogen (secondary N) is 1. The molecule has 1 aromatic heterocycles. The normalized spacial score (nSPS) is 11.2. The first-order chi connectivity index (χ1) is 11.3. The predicted molar refractivity (Wildman–Crippen MR) is 82.1 cm³/mol. The second kappa shape index (κ2) is 7.37. The quantitative estimate of drug-likeness (QED) is 0.603. The van der Waals surface area contributed by atoms with Gasteiger partial charge >= 0.3 is 5.97 Å². The highest BCUT2D eigenvalue weighted by Crippen LogP contribution is 2.17. The summed E-state index contributed by atoms with van der Waals surface area (Å²) >= 11 is 0. The van der Waals surface area contributed by atoms with Crippen LogP contribution in [0.5, 0.6) is 0 Å². The molecule has 0 fully saturated rings. The summed E-state index contributed by atoms with van der Waals surface area (Å²) in [5.74, 6) is -1.23. The number of hydrogen-bond acceptors (Lipinski definition) is 6. The number of aromatic nitrogens is 1. The molecule has 9 heteroatoms. The monoisotopic (exact) mass is 354 g/mol. The first kappa shape index (κ1) is 17.8. The fourth-order valence-electron chi connectivity index (χ4n) is 1.79. The smallest absolute Gasteiger partial charge is 0.338 e. The Bertz CT molecular complexity index is 860. The Labute approximate surface area is 138 Å². The van der Waals surface area contributed by atoms with Gasteiger partial charge in [-0.3, -0.25) is 0 Å². The van der Waals surface area contributed by atoms with Gasteiger partial charge in [0.1, 0.15) is 28.8 Å². The molecule has 24 heavy (non-hydrogen) atoms. The van der Waals surface area contributed by atoms with Gasteiger partial charge in [0, 0.05) is 12.6 Å². The molecular formula is C15H15FN2O5S. The number of carbonyl (C=O) groups is 1. The summed E-state index contributed by atoms with van der Waals surface area (Å²) in [6.07, 6.45) is 1.31. The van der Waals surface area contributed by atoms with Crippen molar-refractivity contribution in [1.82, 2.24) is 9.88 Å². The van der Waals surface area contributed by atoms with Gasteiger partial charge in [0.2, 0.25) is 10.0 Å².